The molecule has 0 unspecified atom stereocenters. The molecular formula is C13H16Br2N2O. The molecule has 1 amide bonds. The molecule has 3 nitrogen and oxygen atoms in total. The van der Waals surface area contributed by atoms with Gasteiger partial charge >= 0.3 is 0 Å². The van der Waals surface area contributed by atoms with Gasteiger partial charge in [0.25, 0.3) is 0 Å². The number of nitrogens with one attached hydrogen (secondary N) is 2. The lowest BCUT2D eigenvalue weighted by Crippen LogP contribution is -2.23. The van der Waals surface area contributed by atoms with Crippen LogP contribution in [-0.2, 0) is 4.79 Å². The fourth-order valence-electron chi connectivity index (χ4n) is 1.70. The average Bonchev–Trinajstić information content (AvgIpc) is 3.07. The lowest BCUT2D eigenvalue weighted by molar-refractivity contribution is -0.116. The number of hydrogen-bond acceptors (Lipinski definition) is 2. The first-order chi connectivity index (χ1) is 8.56. The molecule has 1 aromatic carbocycles. The van der Waals surface area contributed by atoms with E-state index in [-0.39, 0.29) is 5.91 Å². The van der Waals surface area contributed by atoms with Crippen LogP contribution in [0.3, 0.4) is 0 Å². The van der Waals surface area contributed by atoms with Gasteiger partial charge in [-0.1, -0.05) is 0 Å². The predicted molar refractivity (Wildman–Crippen MR) is 80.9 cm³/mol. The van der Waals surface area contributed by atoms with Gasteiger partial charge in [-0.2, -0.15) is 0 Å². The molecule has 0 atom stereocenters. The van der Waals surface area contributed by atoms with E-state index in [0.717, 1.165) is 26.7 Å². The van der Waals surface area contributed by atoms with Crippen LogP contribution in [0.1, 0.15) is 24.8 Å². The molecular weight excluding hydrogens is 360 g/mol. The van der Waals surface area contributed by atoms with Crippen molar-refractivity contribution < 1.29 is 4.79 Å². The molecule has 1 aliphatic carbocycles. The molecule has 2 N–H and O–H groups in total. The normalized spacial score (nSPS) is 14.6. The van der Waals surface area contributed by atoms with E-state index in [1.165, 1.54) is 12.8 Å². The molecule has 0 heterocycles. The zero-order chi connectivity index (χ0) is 13.1. The summed E-state index contributed by atoms with van der Waals surface area (Å²) < 4.78 is 1.80. The molecule has 0 spiro atoms. The minimum Gasteiger partial charge on any atom is -0.324 e. The maximum atomic E-state index is 11.8. The van der Waals surface area contributed by atoms with Crippen molar-refractivity contribution >= 4 is 43.5 Å². The van der Waals surface area contributed by atoms with Crippen molar-refractivity contribution in [2.24, 2.45) is 0 Å². The molecule has 1 fully saturated rings. The highest BCUT2D eigenvalue weighted by atomic mass is 79.9. The zero-order valence-electron chi connectivity index (χ0n) is 10.2. The zero-order valence-corrected chi connectivity index (χ0v) is 13.4. The highest BCUT2D eigenvalue weighted by Crippen LogP contribution is 2.32. The third-order valence-electron chi connectivity index (χ3n) is 2.81. The Labute approximate surface area is 124 Å². The number of benzene rings is 1. The molecule has 0 aliphatic heterocycles. The third-order valence-corrected chi connectivity index (χ3v) is 4.06. The quantitative estimate of drug-likeness (QED) is 0.825. The number of amides is 1. The van der Waals surface area contributed by atoms with Gasteiger partial charge in [-0.25, -0.2) is 0 Å². The molecule has 0 saturated heterocycles. The number of aryl methyl sites for hydroxylation is 1. The van der Waals surface area contributed by atoms with Crippen molar-refractivity contribution in [1.29, 1.82) is 0 Å². The van der Waals surface area contributed by atoms with Gasteiger partial charge in [-0.15, -0.1) is 0 Å². The first-order valence-corrected chi connectivity index (χ1v) is 7.64. The van der Waals surface area contributed by atoms with Crippen LogP contribution in [0.2, 0.25) is 0 Å². The monoisotopic (exact) mass is 374 g/mol. The van der Waals surface area contributed by atoms with E-state index < -0.39 is 0 Å². The Morgan fingerprint density at radius 1 is 1.33 bits per heavy atom. The summed E-state index contributed by atoms with van der Waals surface area (Å²) in [6, 6.07) is 4.63. The van der Waals surface area contributed by atoms with Gasteiger partial charge in [0.05, 0.1) is 5.69 Å². The van der Waals surface area contributed by atoms with E-state index >= 15 is 0 Å². The van der Waals surface area contributed by atoms with Gasteiger partial charge < -0.3 is 10.6 Å². The van der Waals surface area contributed by atoms with E-state index in [0.29, 0.717) is 12.5 Å². The molecule has 2 rings (SSSR count). The lowest BCUT2D eigenvalue weighted by atomic mass is 10.2. The molecule has 1 saturated carbocycles. The van der Waals surface area contributed by atoms with Crippen molar-refractivity contribution in [2.75, 3.05) is 11.9 Å². The maximum absolute atomic E-state index is 11.8. The summed E-state index contributed by atoms with van der Waals surface area (Å²) in [5.41, 5.74) is 1.94. The molecule has 98 valence electrons. The number of anilines is 1. The van der Waals surface area contributed by atoms with Crippen LogP contribution in [0.4, 0.5) is 5.69 Å². The standard InChI is InChI=1S/C13H16Br2N2O/c1-8-6-10(14)13(11(15)7-8)17-12(18)4-5-16-9-2-3-9/h6-7,9,16H,2-5H2,1H3,(H,17,18). The summed E-state index contributed by atoms with van der Waals surface area (Å²) in [6.07, 6.45) is 3.00. The largest absolute Gasteiger partial charge is 0.324 e. The Kier molecular flexibility index (Phi) is 4.81. The predicted octanol–water partition coefficient (Wildman–Crippen LogP) is 3.60. The van der Waals surface area contributed by atoms with E-state index in [4.69, 9.17) is 0 Å². The summed E-state index contributed by atoms with van der Waals surface area (Å²) in [7, 11) is 0. The molecule has 0 aromatic heterocycles. The highest BCUT2D eigenvalue weighted by molar-refractivity contribution is 9.11. The Bertz CT molecular complexity index is 435. The molecule has 1 aromatic rings. The van der Waals surface area contributed by atoms with Crippen LogP contribution < -0.4 is 10.6 Å². The summed E-state index contributed by atoms with van der Waals surface area (Å²) in [5, 5.41) is 6.25. The first-order valence-electron chi connectivity index (χ1n) is 6.05. The van der Waals surface area contributed by atoms with E-state index in [9.17, 15) is 4.79 Å². The Morgan fingerprint density at radius 2 is 1.94 bits per heavy atom. The Morgan fingerprint density at radius 3 is 2.50 bits per heavy atom. The van der Waals surface area contributed by atoms with Gasteiger partial charge in [-0.05, 0) is 69.3 Å². The van der Waals surface area contributed by atoms with Crippen LogP contribution in [0.25, 0.3) is 0 Å². The fourth-order valence-corrected chi connectivity index (χ4v) is 3.31. The van der Waals surface area contributed by atoms with E-state index in [1.54, 1.807) is 0 Å². The SMILES string of the molecule is Cc1cc(Br)c(NC(=O)CCNC2CC2)c(Br)c1. The molecule has 1 aliphatic rings. The number of carbonyl (C=O) groups is 1. The van der Waals surface area contributed by atoms with E-state index in [2.05, 4.69) is 42.5 Å². The second-order valence-electron chi connectivity index (χ2n) is 4.63. The van der Waals surface area contributed by atoms with Crippen molar-refractivity contribution in [1.82, 2.24) is 5.32 Å². The average molecular weight is 376 g/mol. The third kappa shape index (κ3) is 4.07. The van der Waals surface area contributed by atoms with Crippen molar-refractivity contribution in [3.63, 3.8) is 0 Å². The van der Waals surface area contributed by atoms with Crippen LogP contribution in [0.15, 0.2) is 21.1 Å². The fraction of sp³-hybridized carbons (Fsp3) is 0.462. The summed E-state index contributed by atoms with van der Waals surface area (Å²) >= 11 is 6.93. The van der Waals surface area contributed by atoms with Crippen molar-refractivity contribution in [3.05, 3.63) is 26.6 Å². The van der Waals surface area contributed by atoms with Crippen LogP contribution in [0, 0.1) is 6.92 Å². The molecule has 0 radical (unpaired) electrons. The molecule has 5 heteroatoms. The minimum atomic E-state index is 0.0356. The summed E-state index contributed by atoms with van der Waals surface area (Å²) in [4.78, 5) is 11.8. The maximum Gasteiger partial charge on any atom is 0.225 e. The Balaban J connectivity index is 1.89. The summed E-state index contributed by atoms with van der Waals surface area (Å²) in [5.74, 6) is 0.0356. The first kappa shape index (κ1) is 14.0. The van der Waals surface area contributed by atoms with E-state index in [1.807, 2.05) is 19.1 Å². The van der Waals surface area contributed by atoms with Gasteiger partial charge in [0.2, 0.25) is 5.91 Å². The number of rotatable bonds is 5. The number of halogens is 2. The van der Waals surface area contributed by atoms with Crippen molar-refractivity contribution in [3.8, 4) is 0 Å². The lowest BCUT2D eigenvalue weighted by Gasteiger charge is -2.11. The highest BCUT2D eigenvalue weighted by Gasteiger charge is 2.20. The minimum absolute atomic E-state index is 0.0356. The van der Waals surface area contributed by atoms with Gasteiger partial charge in [-0.3, -0.25) is 4.79 Å². The smallest absolute Gasteiger partial charge is 0.225 e. The second-order valence-corrected chi connectivity index (χ2v) is 6.34. The molecule has 18 heavy (non-hydrogen) atoms. The number of carbonyl (C=O) groups excluding carboxylic acids is 1. The van der Waals surface area contributed by atoms with Gasteiger partial charge in [0.15, 0.2) is 0 Å². The van der Waals surface area contributed by atoms with Crippen molar-refractivity contribution in [2.45, 2.75) is 32.2 Å². The van der Waals surface area contributed by atoms with Crippen LogP contribution in [0.5, 0.6) is 0 Å². The van der Waals surface area contributed by atoms with Gasteiger partial charge in [0.1, 0.15) is 0 Å². The van der Waals surface area contributed by atoms with Crippen LogP contribution in [-0.4, -0.2) is 18.5 Å². The molecule has 0 bridgehead atoms. The summed E-state index contributed by atoms with van der Waals surface area (Å²) in [6.45, 7) is 2.76. The number of hydrogen-bond donors (Lipinski definition) is 2. The Hall–Kier alpha value is -0.390. The topological polar surface area (TPSA) is 41.1 Å². The second kappa shape index (κ2) is 6.17. The van der Waals surface area contributed by atoms with Gasteiger partial charge in [0, 0.05) is 28.0 Å². The van der Waals surface area contributed by atoms with Crippen LogP contribution >= 0.6 is 31.9 Å².